The molecule has 2 N–H and O–H groups in total. The second-order valence-electron chi connectivity index (χ2n) is 7.81. The quantitative estimate of drug-likeness (QED) is 0.584. The molecule has 3 aromatic rings. The largest absolute Gasteiger partial charge is 0.542 e. The molecule has 10 heteroatoms. The molecule has 1 unspecified atom stereocenters. The number of nitrogens with zero attached hydrogens (tertiary/aromatic N) is 2. The van der Waals surface area contributed by atoms with Gasteiger partial charge in [-0.1, -0.05) is 23.7 Å². The van der Waals surface area contributed by atoms with Crippen molar-refractivity contribution in [3.05, 3.63) is 59.4 Å². The van der Waals surface area contributed by atoms with Crippen molar-refractivity contribution in [3.8, 4) is 5.75 Å². The van der Waals surface area contributed by atoms with Gasteiger partial charge in [0.15, 0.2) is 0 Å². The number of carboxylic acids is 1. The van der Waals surface area contributed by atoms with Gasteiger partial charge in [0.2, 0.25) is 0 Å². The molecule has 1 aromatic heterocycles. The summed E-state index contributed by atoms with van der Waals surface area (Å²) in [6.45, 7) is 4.00. The van der Waals surface area contributed by atoms with Gasteiger partial charge in [-0.3, -0.25) is 0 Å². The molecule has 0 bridgehead atoms. The van der Waals surface area contributed by atoms with Gasteiger partial charge in [0.25, 0.3) is 0 Å². The third-order valence-corrected chi connectivity index (χ3v) is 5.68. The number of hydrogen-bond acceptors (Lipinski definition) is 4. The average Bonchev–Trinajstić information content (AvgIpc) is 3.15. The summed E-state index contributed by atoms with van der Waals surface area (Å²) in [7, 11) is 0. The van der Waals surface area contributed by atoms with Crippen LogP contribution in [0.5, 0.6) is 5.75 Å². The summed E-state index contributed by atoms with van der Waals surface area (Å²) in [5.41, 5.74) is 2.24. The molecule has 6 nitrogen and oxygen atoms in total. The fourth-order valence-corrected chi connectivity index (χ4v) is 3.89. The van der Waals surface area contributed by atoms with Crippen molar-refractivity contribution in [1.29, 1.82) is 0 Å². The van der Waals surface area contributed by atoms with Crippen LogP contribution in [0.3, 0.4) is 0 Å². The Balaban J connectivity index is 0.000000383. The minimum Gasteiger partial charge on any atom is -0.542 e. The number of carbonyl (C=O) groups excluding carboxylic acids is 1. The zero-order chi connectivity index (χ0) is 23.8. The Morgan fingerprint density at radius 1 is 1.21 bits per heavy atom. The van der Waals surface area contributed by atoms with Crippen LogP contribution in [0, 0.1) is 5.92 Å². The number of nitrogens with two attached hydrogens (primary N) is 1. The Morgan fingerprint density at radius 3 is 2.55 bits per heavy atom. The molecule has 1 saturated heterocycles. The SMILES string of the molecule is Clc1ccc(OCc2nc3ccccc3n2CCC2CCC[NH2+]C2)cc1.O=C([O-])C(F)(F)F. The minimum atomic E-state index is -5.19. The molecular formula is C23H25ClF3N3O3. The summed E-state index contributed by atoms with van der Waals surface area (Å²) in [5.74, 6) is -0.404. The molecule has 178 valence electrons. The van der Waals surface area contributed by atoms with E-state index in [1.54, 1.807) is 0 Å². The van der Waals surface area contributed by atoms with Gasteiger partial charge in [-0.25, -0.2) is 4.98 Å². The maximum absolute atomic E-state index is 10.5. The van der Waals surface area contributed by atoms with Crippen LogP contribution >= 0.6 is 11.6 Å². The number of para-hydroxylation sites is 2. The van der Waals surface area contributed by atoms with Gasteiger partial charge in [0, 0.05) is 17.5 Å². The Bertz CT molecular complexity index is 1050. The number of fused-ring (bicyclic) bond motifs is 1. The lowest BCUT2D eigenvalue weighted by Crippen LogP contribution is -2.87. The molecule has 0 spiro atoms. The first-order valence-corrected chi connectivity index (χ1v) is 11.0. The van der Waals surface area contributed by atoms with Crippen molar-refractivity contribution in [2.75, 3.05) is 13.1 Å². The summed E-state index contributed by atoms with van der Waals surface area (Å²) in [5, 5.41) is 12.0. The third kappa shape index (κ3) is 7.36. The van der Waals surface area contributed by atoms with Gasteiger partial charge in [0.05, 0.1) is 24.1 Å². The van der Waals surface area contributed by atoms with E-state index in [2.05, 4.69) is 28.1 Å². The third-order valence-electron chi connectivity index (χ3n) is 5.43. The maximum atomic E-state index is 10.5. The molecule has 2 heterocycles. The maximum Gasteiger partial charge on any atom is 0.430 e. The molecule has 0 radical (unpaired) electrons. The molecule has 1 aliphatic heterocycles. The van der Waals surface area contributed by atoms with Crippen LogP contribution in [0.25, 0.3) is 11.0 Å². The molecular weight excluding hydrogens is 459 g/mol. The number of aliphatic carboxylic acids is 1. The van der Waals surface area contributed by atoms with Crippen molar-refractivity contribution in [2.45, 2.75) is 38.6 Å². The Hall–Kier alpha value is -2.78. The lowest BCUT2D eigenvalue weighted by molar-refractivity contribution is -0.669. The normalized spacial score (nSPS) is 16.2. The highest BCUT2D eigenvalue weighted by Gasteiger charge is 2.28. The molecule has 4 rings (SSSR count). The number of quaternary nitrogens is 1. The number of carbonyl (C=O) groups is 1. The molecule has 1 atom stereocenters. The zero-order valence-electron chi connectivity index (χ0n) is 17.9. The van der Waals surface area contributed by atoms with Gasteiger partial charge in [-0.05, 0) is 55.7 Å². The van der Waals surface area contributed by atoms with Gasteiger partial charge < -0.3 is 24.5 Å². The topological polar surface area (TPSA) is 83.8 Å². The average molecular weight is 484 g/mol. The predicted octanol–water partition coefficient (Wildman–Crippen LogP) is 2.93. The lowest BCUT2D eigenvalue weighted by Gasteiger charge is -2.20. The monoisotopic (exact) mass is 483 g/mol. The molecule has 0 saturated carbocycles. The summed E-state index contributed by atoms with van der Waals surface area (Å²) in [4.78, 5) is 13.6. The van der Waals surface area contributed by atoms with E-state index < -0.39 is 12.1 Å². The van der Waals surface area contributed by atoms with E-state index in [-0.39, 0.29) is 0 Å². The van der Waals surface area contributed by atoms with Crippen LogP contribution in [-0.2, 0) is 17.9 Å². The fraction of sp³-hybridized carbons (Fsp3) is 0.391. The van der Waals surface area contributed by atoms with E-state index in [9.17, 15) is 13.2 Å². The smallest absolute Gasteiger partial charge is 0.430 e. The summed E-state index contributed by atoms with van der Waals surface area (Å²) >= 11 is 5.95. The molecule has 1 fully saturated rings. The Kier molecular flexibility index (Phi) is 8.57. The Labute approximate surface area is 194 Å². The number of carboxylic acid groups (broad SMARTS) is 1. The first-order valence-electron chi connectivity index (χ1n) is 10.7. The first kappa shape index (κ1) is 24.9. The van der Waals surface area contributed by atoms with Gasteiger partial charge in [-0.2, -0.15) is 13.2 Å². The number of alkyl halides is 3. The van der Waals surface area contributed by atoms with Gasteiger partial charge in [-0.15, -0.1) is 0 Å². The van der Waals surface area contributed by atoms with Crippen LogP contribution in [0.1, 0.15) is 25.1 Å². The van der Waals surface area contributed by atoms with Crippen LogP contribution in [-0.4, -0.2) is 34.8 Å². The van der Waals surface area contributed by atoms with E-state index in [1.165, 1.54) is 37.9 Å². The molecule has 2 aromatic carbocycles. The number of hydrogen-bond donors (Lipinski definition) is 1. The van der Waals surface area contributed by atoms with Crippen molar-refractivity contribution >= 4 is 28.6 Å². The summed E-state index contributed by atoms with van der Waals surface area (Å²) in [6.07, 6.45) is -1.31. The van der Waals surface area contributed by atoms with E-state index in [0.717, 1.165) is 29.6 Å². The number of benzene rings is 2. The zero-order valence-corrected chi connectivity index (χ0v) is 18.6. The van der Waals surface area contributed by atoms with Crippen molar-refractivity contribution < 1.29 is 33.1 Å². The van der Waals surface area contributed by atoms with Crippen molar-refractivity contribution in [1.82, 2.24) is 9.55 Å². The fourth-order valence-electron chi connectivity index (χ4n) is 3.76. The first-order chi connectivity index (χ1) is 15.7. The van der Waals surface area contributed by atoms with Crippen molar-refractivity contribution in [2.24, 2.45) is 5.92 Å². The second kappa shape index (κ2) is 11.4. The highest BCUT2D eigenvalue weighted by atomic mass is 35.5. The number of imidazole rings is 1. The highest BCUT2D eigenvalue weighted by Crippen LogP contribution is 2.22. The van der Waals surface area contributed by atoms with E-state index in [1.807, 2.05) is 30.3 Å². The lowest BCUT2D eigenvalue weighted by atomic mass is 9.96. The van der Waals surface area contributed by atoms with E-state index in [4.69, 9.17) is 31.2 Å². The second-order valence-corrected chi connectivity index (χ2v) is 8.24. The van der Waals surface area contributed by atoms with E-state index >= 15 is 0 Å². The van der Waals surface area contributed by atoms with Crippen LogP contribution < -0.4 is 15.2 Å². The van der Waals surface area contributed by atoms with Gasteiger partial charge in [0.1, 0.15) is 24.2 Å². The summed E-state index contributed by atoms with van der Waals surface area (Å²) < 4.78 is 39.8. The Morgan fingerprint density at radius 2 is 1.91 bits per heavy atom. The number of aromatic nitrogens is 2. The van der Waals surface area contributed by atoms with Gasteiger partial charge >= 0.3 is 6.18 Å². The van der Waals surface area contributed by atoms with Crippen molar-refractivity contribution in [3.63, 3.8) is 0 Å². The van der Waals surface area contributed by atoms with Crippen LogP contribution in [0.4, 0.5) is 13.2 Å². The number of rotatable bonds is 6. The number of piperidine rings is 1. The summed E-state index contributed by atoms with van der Waals surface area (Å²) in [6, 6.07) is 15.8. The number of halogens is 4. The standard InChI is InChI=1S/C21H24ClN3O.C2HF3O2/c22-17-7-9-18(10-8-17)26-15-21-24-19-5-1-2-6-20(19)25(21)13-11-16-4-3-12-23-14-16;3-2(4,5)1(6)7/h1-2,5-10,16,23H,3-4,11-15H2;(H,6,7). The van der Waals surface area contributed by atoms with Crippen LogP contribution in [0.15, 0.2) is 48.5 Å². The molecule has 0 aliphatic carbocycles. The van der Waals surface area contributed by atoms with E-state index in [0.29, 0.717) is 11.6 Å². The van der Waals surface area contributed by atoms with Crippen LogP contribution in [0.2, 0.25) is 5.02 Å². The predicted molar refractivity (Wildman–Crippen MR) is 116 cm³/mol. The molecule has 33 heavy (non-hydrogen) atoms. The highest BCUT2D eigenvalue weighted by molar-refractivity contribution is 6.30. The number of ether oxygens (including phenoxy) is 1. The minimum absolute atomic E-state index is 0.465. The molecule has 0 amide bonds. The molecule has 1 aliphatic rings. The number of aryl methyl sites for hydroxylation is 1.